The predicted octanol–water partition coefficient (Wildman–Crippen LogP) is 1.55. The van der Waals surface area contributed by atoms with Crippen molar-refractivity contribution >= 4 is 17.9 Å². The van der Waals surface area contributed by atoms with Gasteiger partial charge < -0.3 is 4.52 Å². The molecule has 0 saturated heterocycles. The highest BCUT2D eigenvalue weighted by Gasteiger charge is 2.13. The van der Waals surface area contributed by atoms with Gasteiger partial charge in [0, 0.05) is 36.5 Å². The first-order chi connectivity index (χ1) is 12.1. The Morgan fingerprint density at radius 2 is 2.00 bits per heavy atom. The Morgan fingerprint density at radius 3 is 2.72 bits per heavy atom. The number of rotatable bonds is 4. The van der Waals surface area contributed by atoms with Crippen LogP contribution in [0, 0.1) is 0 Å². The van der Waals surface area contributed by atoms with Gasteiger partial charge >= 0.3 is 0 Å². The van der Waals surface area contributed by atoms with Crippen LogP contribution in [0.3, 0.4) is 0 Å². The van der Waals surface area contributed by atoms with E-state index in [9.17, 15) is 9.59 Å². The molecule has 3 rings (SSSR count). The third-order valence-corrected chi connectivity index (χ3v) is 3.25. The molecule has 3 aromatic rings. The minimum absolute atomic E-state index is 0.0652. The summed E-state index contributed by atoms with van der Waals surface area (Å²) in [5, 5.41) is 7.68. The van der Waals surface area contributed by atoms with Gasteiger partial charge in [-0.25, -0.2) is 0 Å². The molecule has 0 unspecified atom stereocenters. The number of benzene rings is 1. The first kappa shape index (κ1) is 16.2. The van der Waals surface area contributed by atoms with Crippen LogP contribution in [0.2, 0.25) is 0 Å². The topological polar surface area (TPSA) is 102 Å². The van der Waals surface area contributed by atoms with Crippen molar-refractivity contribution < 1.29 is 14.1 Å². The lowest BCUT2D eigenvalue weighted by molar-refractivity contribution is -0.117. The van der Waals surface area contributed by atoms with Gasteiger partial charge in [0.2, 0.25) is 0 Å². The molecule has 25 heavy (non-hydrogen) atoms. The highest BCUT2D eigenvalue weighted by atomic mass is 16.5. The van der Waals surface area contributed by atoms with Crippen LogP contribution in [0.25, 0.3) is 17.4 Å². The SMILES string of the molecule is Cn1cc(C=CC(=O)NNC(=O)c2cc(-c3ccccc3)on2)cn1. The van der Waals surface area contributed by atoms with Crippen LogP contribution in [0.1, 0.15) is 16.1 Å². The minimum atomic E-state index is -0.575. The fraction of sp³-hybridized carbons (Fsp3) is 0.0588. The van der Waals surface area contributed by atoms with E-state index in [0.29, 0.717) is 5.76 Å². The normalized spacial score (nSPS) is 10.8. The molecule has 126 valence electrons. The number of aromatic nitrogens is 3. The van der Waals surface area contributed by atoms with E-state index in [0.717, 1.165) is 11.1 Å². The van der Waals surface area contributed by atoms with E-state index in [4.69, 9.17) is 4.52 Å². The van der Waals surface area contributed by atoms with E-state index < -0.39 is 11.8 Å². The minimum Gasteiger partial charge on any atom is -0.355 e. The molecule has 0 saturated carbocycles. The van der Waals surface area contributed by atoms with Crippen molar-refractivity contribution in [2.75, 3.05) is 0 Å². The zero-order valence-electron chi connectivity index (χ0n) is 13.3. The lowest BCUT2D eigenvalue weighted by Crippen LogP contribution is -2.40. The van der Waals surface area contributed by atoms with Crippen LogP contribution in [0.15, 0.2) is 59.4 Å². The molecular weight excluding hydrogens is 322 g/mol. The molecule has 8 nitrogen and oxygen atoms in total. The molecule has 0 aliphatic carbocycles. The van der Waals surface area contributed by atoms with Gasteiger partial charge in [0.1, 0.15) is 0 Å². The third-order valence-electron chi connectivity index (χ3n) is 3.25. The van der Waals surface area contributed by atoms with E-state index >= 15 is 0 Å². The molecule has 0 bridgehead atoms. The van der Waals surface area contributed by atoms with Crippen LogP contribution in [-0.4, -0.2) is 26.8 Å². The van der Waals surface area contributed by atoms with Crippen molar-refractivity contribution in [2.45, 2.75) is 0 Å². The Balaban J connectivity index is 1.55. The maximum absolute atomic E-state index is 12.0. The standard InChI is InChI=1S/C17H15N5O3/c1-22-11-12(10-18-22)7-8-16(23)19-20-17(24)14-9-15(25-21-14)13-5-3-2-4-6-13/h2-11H,1H3,(H,19,23)(H,20,24). The molecule has 0 radical (unpaired) electrons. The number of carbonyl (C=O) groups excluding carboxylic acids is 2. The number of hydrazine groups is 1. The fourth-order valence-electron chi connectivity index (χ4n) is 2.04. The van der Waals surface area contributed by atoms with Crippen molar-refractivity contribution in [3.63, 3.8) is 0 Å². The van der Waals surface area contributed by atoms with E-state index in [-0.39, 0.29) is 5.69 Å². The Bertz CT molecular complexity index is 911. The molecule has 1 aromatic carbocycles. The number of amides is 2. The summed E-state index contributed by atoms with van der Waals surface area (Å²) in [5.74, 6) is -0.591. The predicted molar refractivity (Wildman–Crippen MR) is 89.8 cm³/mol. The summed E-state index contributed by atoms with van der Waals surface area (Å²) < 4.78 is 6.76. The molecule has 0 fully saturated rings. The molecule has 2 aromatic heterocycles. The van der Waals surface area contributed by atoms with Gasteiger partial charge in [0.05, 0.1) is 6.20 Å². The molecule has 0 spiro atoms. The molecule has 2 amide bonds. The molecule has 2 N–H and O–H groups in total. The van der Waals surface area contributed by atoms with Crippen LogP contribution < -0.4 is 10.9 Å². The maximum Gasteiger partial charge on any atom is 0.291 e. The van der Waals surface area contributed by atoms with Gasteiger partial charge in [-0.3, -0.25) is 25.1 Å². The summed E-state index contributed by atoms with van der Waals surface area (Å²) in [6, 6.07) is 10.8. The number of nitrogens with zero attached hydrogens (tertiary/aromatic N) is 3. The monoisotopic (exact) mass is 337 g/mol. The van der Waals surface area contributed by atoms with Crippen LogP contribution in [-0.2, 0) is 11.8 Å². The Morgan fingerprint density at radius 1 is 1.20 bits per heavy atom. The molecular formula is C17H15N5O3. The van der Waals surface area contributed by atoms with Gasteiger partial charge in [-0.2, -0.15) is 5.10 Å². The second kappa shape index (κ2) is 7.26. The fourth-order valence-corrected chi connectivity index (χ4v) is 2.04. The second-order valence-corrected chi connectivity index (χ2v) is 5.17. The Labute approximate surface area is 143 Å². The smallest absolute Gasteiger partial charge is 0.291 e. The quantitative estimate of drug-likeness (QED) is 0.555. The molecule has 8 heteroatoms. The summed E-state index contributed by atoms with van der Waals surface area (Å²) in [5.41, 5.74) is 6.18. The first-order valence-corrected chi connectivity index (χ1v) is 7.41. The number of aryl methyl sites for hydroxylation is 1. The first-order valence-electron chi connectivity index (χ1n) is 7.41. The summed E-state index contributed by atoms with van der Waals surface area (Å²) in [4.78, 5) is 23.7. The Kier molecular flexibility index (Phi) is 4.70. The summed E-state index contributed by atoms with van der Waals surface area (Å²) >= 11 is 0. The van der Waals surface area contributed by atoms with E-state index in [1.54, 1.807) is 30.2 Å². The van der Waals surface area contributed by atoms with Crippen molar-refractivity contribution in [2.24, 2.45) is 7.05 Å². The molecule has 2 heterocycles. The van der Waals surface area contributed by atoms with Crippen LogP contribution >= 0.6 is 0 Å². The van der Waals surface area contributed by atoms with Gasteiger partial charge in [-0.15, -0.1) is 0 Å². The lowest BCUT2D eigenvalue weighted by atomic mass is 10.1. The van der Waals surface area contributed by atoms with Crippen molar-refractivity contribution in [1.82, 2.24) is 25.8 Å². The second-order valence-electron chi connectivity index (χ2n) is 5.17. The van der Waals surface area contributed by atoms with E-state index in [1.807, 2.05) is 30.3 Å². The maximum atomic E-state index is 12.0. The lowest BCUT2D eigenvalue weighted by Gasteiger charge is -2.01. The van der Waals surface area contributed by atoms with Crippen LogP contribution in [0.4, 0.5) is 0 Å². The average Bonchev–Trinajstić information content (AvgIpc) is 3.28. The number of nitrogens with one attached hydrogen (secondary N) is 2. The van der Waals surface area contributed by atoms with Gasteiger partial charge in [-0.05, 0) is 6.08 Å². The van der Waals surface area contributed by atoms with Crippen molar-refractivity contribution in [1.29, 1.82) is 0 Å². The average molecular weight is 337 g/mol. The molecule has 0 aliphatic rings. The Hall–Kier alpha value is -3.68. The highest BCUT2D eigenvalue weighted by molar-refractivity contribution is 5.97. The highest BCUT2D eigenvalue weighted by Crippen LogP contribution is 2.19. The van der Waals surface area contributed by atoms with E-state index in [2.05, 4.69) is 21.1 Å². The number of carbonyl (C=O) groups is 2. The van der Waals surface area contributed by atoms with Gasteiger partial charge in [-0.1, -0.05) is 35.5 Å². The molecule has 0 aliphatic heterocycles. The van der Waals surface area contributed by atoms with Crippen molar-refractivity contribution in [3.8, 4) is 11.3 Å². The van der Waals surface area contributed by atoms with Crippen molar-refractivity contribution in [3.05, 3.63) is 66.1 Å². The summed E-state index contributed by atoms with van der Waals surface area (Å²) in [6.07, 6.45) is 6.24. The zero-order chi connectivity index (χ0) is 17.6. The molecule has 0 atom stereocenters. The summed E-state index contributed by atoms with van der Waals surface area (Å²) in [6.45, 7) is 0. The van der Waals surface area contributed by atoms with Gasteiger partial charge in [0.15, 0.2) is 11.5 Å². The largest absolute Gasteiger partial charge is 0.355 e. The van der Waals surface area contributed by atoms with E-state index in [1.165, 1.54) is 12.1 Å². The third kappa shape index (κ3) is 4.20. The number of hydrogen-bond acceptors (Lipinski definition) is 5. The van der Waals surface area contributed by atoms with Gasteiger partial charge in [0.25, 0.3) is 11.8 Å². The summed E-state index contributed by atoms with van der Waals surface area (Å²) in [7, 11) is 1.78. The number of hydrogen-bond donors (Lipinski definition) is 2. The van der Waals surface area contributed by atoms with Crippen LogP contribution in [0.5, 0.6) is 0 Å². The zero-order valence-corrected chi connectivity index (χ0v) is 13.3.